The van der Waals surface area contributed by atoms with Gasteiger partial charge in [0.25, 0.3) is 0 Å². The van der Waals surface area contributed by atoms with E-state index in [0.29, 0.717) is 13.2 Å². The Kier molecular flexibility index (Phi) is 6.68. The smallest absolute Gasteiger partial charge is 0.159 e. The van der Waals surface area contributed by atoms with E-state index >= 15 is 0 Å². The molecule has 1 aromatic rings. The van der Waals surface area contributed by atoms with E-state index in [-0.39, 0.29) is 12.1 Å². The Morgan fingerprint density at radius 1 is 1.22 bits per heavy atom. The molecular weight excluding hydrogens is 233 g/mol. The standard InChI is InChI=1S/C14H22FNO2/c1-4-17-14(18-5-2)9-10-16(3)13-8-6-7-12(15)11-13/h6-8,11,14H,4-5,9-10H2,1-3H3. The molecule has 0 N–H and O–H groups in total. The summed E-state index contributed by atoms with van der Waals surface area (Å²) in [4.78, 5) is 1.99. The molecule has 18 heavy (non-hydrogen) atoms. The molecule has 0 aliphatic rings. The lowest BCUT2D eigenvalue weighted by molar-refractivity contribution is -0.137. The average Bonchev–Trinajstić information content (AvgIpc) is 2.36. The van der Waals surface area contributed by atoms with E-state index in [1.807, 2.05) is 31.9 Å². The monoisotopic (exact) mass is 255 g/mol. The molecular formula is C14H22FNO2. The summed E-state index contributed by atoms with van der Waals surface area (Å²) in [6.07, 6.45) is 0.574. The predicted molar refractivity (Wildman–Crippen MR) is 71.3 cm³/mol. The van der Waals surface area contributed by atoms with Crippen molar-refractivity contribution in [3.05, 3.63) is 30.1 Å². The van der Waals surface area contributed by atoms with Crippen LogP contribution in [0, 0.1) is 5.82 Å². The second kappa shape index (κ2) is 8.06. The van der Waals surface area contributed by atoms with Gasteiger partial charge in [-0.1, -0.05) is 6.07 Å². The molecule has 0 aliphatic heterocycles. The van der Waals surface area contributed by atoms with Crippen molar-refractivity contribution in [3.8, 4) is 0 Å². The molecule has 4 heteroatoms. The first-order chi connectivity index (χ1) is 8.67. The van der Waals surface area contributed by atoms with E-state index in [1.165, 1.54) is 12.1 Å². The van der Waals surface area contributed by atoms with Gasteiger partial charge in [0.15, 0.2) is 6.29 Å². The van der Waals surface area contributed by atoms with Gasteiger partial charge in [-0.3, -0.25) is 0 Å². The van der Waals surface area contributed by atoms with Gasteiger partial charge in [-0.05, 0) is 32.0 Å². The summed E-state index contributed by atoms with van der Waals surface area (Å²) >= 11 is 0. The molecule has 0 aromatic heterocycles. The van der Waals surface area contributed by atoms with Crippen molar-refractivity contribution in [2.24, 2.45) is 0 Å². The molecule has 0 amide bonds. The van der Waals surface area contributed by atoms with Crippen molar-refractivity contribution >= 4 is 5.69 Å². The third-order valence-electron chi connectivity index (χ3n) is 2.65. The Labute approximate surface area is 109 Å². The van der Waals surface area contributed by atoms with E-state index in [1.54, 1.807) is 6.07 Å². The highest BCUT2D eigenvalue weighted by atomic mass is 19.1. The lowest BCUT2D eigenvalue weighted by Gasteiger charge is -2.23. The van der Waals surface area contributed by atoms with E-state index in [9.17, 15) is 4.39 Å². The zero-order valence-electron chi connectivity index (χ0n) is 11.4. The number of benzene rings is 1. The van der Waals surface area contributed by atoms with Gasteiger partial charge in [0.1, 0.15) is 5.82 Å². The molecule has 3 nitrogen and oxygen atoms in total. The fourth-order valence-corrected chi connectivity index (χ4v) is 1.73. The molecule has 1 rings (SSSR count). The minimum atomic E-state index is -0.217. The zero-order valence-corrected chi connectivity index (χ0v) is 11.4. The molecule has 0 saturated carbocycles. The third kappa shape index (κ3) is 5.02. The molecule has 0 bridgehead atoms. The Balaban J connectivity index is 2.46. The van der Waals surface area contributed by atoms with E-state index in [0.717, 1.165) is 18.7 Å². The highest BCUT2D eigenvalue weighted by molar-refractivity contribution is 5.45. The van der Waals surface area contributed by atoms with Crippen LogP contribution in [0.25, 0.3) is 0 Å². The Hall–Kier alpha value is -1.13. The second-order valence-corrected chi connectivity index (χ2v) is 4.03. The maximum absolute atomic E-state index is 13.1. The zero-order chi connectivity index (χ0) is 13.4. The molecule has 0 aliphatic carbocycles. The highest BCUT2D eigenvalue weighted by Gasteiger charge is 2.10. The van der Waals surface area contributed by atoms with Gasteiger partial charge in [-0.15, -0.1) is 0 Å². The normalized spacial score (nSPS) is 10.9. The number of rotatable bonds is 8. The van der Waals surface area contributed by atoms with Gasteiger partial charge in [0, 0.05) is 38.9 Å². The second-order valence-electron chi connectivity index (χ2n) is 4.03. The predicted octanol–water partition coefficient (Wildman–Crippen LogP) is 3.05. The lowest BCUT2D eigenvalue weighted by Crippen LogP contribution is -2.26. The first-order valence-corrected chi connectivity index (χ1v) is 6.37. The molecule has 0 heterocycles. The summed E-state index contributed by atoms with van der Waals surface area (Å²) in [5, 5.41) is 0. The van der Waals surface area contributed by atoms with Crippen LogP contribution in [0.5, 0.6) is 0 Å². The molecule has 1 aromatic carbocycles. The SMILES string of the molecule is CCOC(CCN(C)c1cccc(F)c1)OCC. The van der Waals surface area contributed by atoms with Crippen LogP contribution in [0.1, 0.15) is 20.3 Å². The first-order valence-electron chi connectivity index (χ1n) is 6.37. The summed E-state index contributed by atoms with van der Waals surface area (Å²) in [7, 11) is 1.93. The van der Waals surface area contributed by atoms with Crippen LogP contribution in [-0.4, -0.2) is 33.1 Å². The molecule has 0 radical (unpaired) electrons. The summed E-state index contributed by atoms with van der Waals surface area (Å²) in [5.41, 5.74) is 0.863. The Morgan fingerprint density at radius 3 is 2.44 bits per heavy atom. The number of hydrogen-bond acceptors (Lipinski definition) is 3. The van der Waals surface area contributed by atoms with Crippen LogP contribution in [0.15, 0.2) is 24.3 Å². The Bertz CT molecular complexity index is 340. The van der Waals surface area contributed by atoms with Gasteiger partial charge in [0.2, 0.25) is 0 Å². The summed E-state index contributed by atoms with van der Waals surface area (Å²) in [6.45, 7) is 5.92. The summed E-state index contributed by atoms with van der Waals surface area (Å²) in [5.74, 6) is -0.217. The van der Waals surface area contributed by atoms with Crippen molar-refractivity contribution < 1.29 is 13.9 Å². The largest absolute Gasteiger partial charge is 0.374 e. The number of nitrogens with zero attached hydrogens (tertiary/aromatic N) is 1. The van der Waals surface area contributed by atoms with Crippen molar-refractivity contribution in [3.63, 3.8) is 0 Å². The van der Waals surface area contributed by atoms with Crippen molar-refractivity contribution in [2.45, 2.75) is 26.6 Å². The van der Waals surface area contributed by atoms with E-state index < -0.39 is 0 Å². The maximum Gasteiger partial charge on any atom is 0.159 e. The van der Waals surface area contributed by atoms with Crippen molar-refractivity contribution in [1.82, 2.24) is 0 Å². The average molecular weight is 255 g/mol. The quantitative estimate of drug-likeness (QED) is 0.666. The van der Waals surface area contributed by atoms with Gasteiger partial charge >= 0.3 is 0 Å². The number of ether oxygens (including phenoxy) is 2. The number of anilines is 1. The van der Waals surface area contributed by atoms with Crippen molar-refractivity contribution in [2.75, 3.05) is 31.7 Å². The van der Waals surface area contributed by atoms with Gasteiger partial charge in [-0.2, -0.15) is 0 Å². The van der Waals surface area contributed by atoms with Crippen molar-refractivity contribution in [1.29, 1.82) is 0 Å². The van der Waals surface area contributed by atoms with Crippen LogP contribution in [-0.2, 0) is 9.47 Å². The highest BCUT2D eigenvalue weighted by Crippen LogP contribution is 2.15. The summed E-state index contributed by atoms with van der Waals surface area (Å²) < 4.78 is 24.0. The molecule has 0 spiro atoms. The summed E-state index contributed by atoms with van der Waals surface area (Å²) in [6, 6.07) is 6.57. The van der Waals surface area contributed by atoms with Crippen LogP contribution in [0.2, 0.25) is 0 Å². The minimum Gasteiger partial charge on any atom is -0.374 e. The first kappa shape index (κ1) is 14.9. The van der Waals surface area contributed by atoms with Crippen LogP contribution in [0.4, 0.5) is 10.1 Å². The van der Waals surface area contributed by atoms with Gasteiger partial charge in [-0.25, -0.2) is 4.39 Å². The fourth-order valence-electron chi connectivity index (χ4n) is 1.73. The fraction of sp³-hybridized carbons (Fsp3) is 0.571. The molecule has 102 valence electrons. The maximum atomic E-state index is 13.1. The molecule has 0 unspecified atom stereocenters. The van der Waals surface area contributed by atoms with Gasteiger partial charge in [0.05, 0.1) is 0 Å². The molecule has 0 fully saturated rings. The number of hydrogen-bond donors (Lipinski definition) is 0. The number of halogens is 1. The van der Waals surface area contributed by atoms with Crippen LogP contribution in [0.3, 0.4) is 0 Å². The van der Waals surface area contributed by atoms with E-state index in [4.69, 9.17) is 9.47 Å². The van der Waals surface area contributed by atoms with Gasteiger partial charge < -0.3 is 14.4 Å². The topological polar surface area (TPSA) is 21.7 Å². The Morgan fingerprint density at radius 2 is 1.89 bits per heavy atom. The lowest BCUT2D eigenvalue weighted by atomic mass is 10.2. The third-order valence-corrected chi connectivity index (χ3v) is 2.65. The van der Waals surface area contributed by atoms with Crippen LogP contribution < -0.4 is 4.90 Å². The van der Waals surface area contributed by atoms with E-state index in [2.05, 4.69) is 0 Å². The molecule has 0 saturated heterocycles. The van der Waals surface area contributed by atoms with Crippen LogP contribution >= 0.6 is 0 Å². The molecule has 0 atom stereocenters. The minimum absolute atomic E-state index is 0.184.